The third kappa shape index (κ3) is 3.30. The van der Waals surface area contributed by atoms with E-state index >= 15 is 0 Å². The second-order valence-electron chi connectivity index (χ2n) is 14.4. The van der Waals surface area contributed by atoms with Crippen molar-refractivity contribution in [1.82, 2.24) is 4.90 Å². The van der Waals surface area contributed by atoms with Gasteiger partial charge in [0.05, 0.1) is 24.4 Å². The zero-order valence-corrected chi connectivity index (χ0v) is 24.5. The molecule has 0 aromatic heterocycles. The molecule has 6 aliphatic rings. The molecule has 0 aromatic carbocycles. The van der Waals surface area contributed by atoms with E-state index in [1.54, 1.807) is 11.1 Å². The van der Waals surface area contributed by atoms with Gasteiger partial charge >= 0.3 is 0 Å². The quantitative estimate of drug-likeness (QED) is 0.444. The molecule has 2 saturated heterocycles. The van der Waals surface area contributed by atoms with Gasteiger partial charge in [0.25, 0.3) is 0 Å². The summed E-state index contributed by atoms with van der Waals surface area (Å²) in [6.45, 7) is 22.3. The summed E-state index contributed by atoms with van der Waals surface area (Å²) in [6, 6.07) is 0. The lowest BCUT2D eigenvalue weighted by Crippen LogP contribution is -2.71. The van der Waals surface area contributed by atoms with Gasteiger partial charge in [-0.3, -0.25) is 4.90 Å². The average Bonchev–Trinajstić information content (AvgIpc) is 3.25. The molecule has 2 heterocycles. The van der Waals surface area contributed by atoms with E-state index < -0.39 is 0 Å². The van der Waals surface area contributed by atoms with E-state index in [0.29, 0.717) is 30.2 Å². The molecule has 0 amide bonds. The lowest BCUT2D eigenvalue weighted by Gasteiger charge is -2.64. The first-order chi connectivity index (χ1) is 18.1. The summed E-state index contributed by atoms with van der Waals surface area (Å²) >= 11 is 0. The smallest absolute Gasteiger partial charge is 0.0800 e. The van der Waals surface area contributed by atoms with E-state index in [1.807, 2.05) is 0 Å². The van der Waals surface area contributed by atoms with Gasteiger partial charge in [-0.2, -0.15) is 0 Å². The molecule has 38 heavy (non-hydrogen) atoms. The minimum atomic E-state index is -0.170. The molecular formula is C34H52N2O2. The van der Waals surface area contributed by atoms with Gasteiger partial charge in [0.2, 0.25) is 0 Å². The maximum atomic E-state index is 10.5. The van der Waals surface area contributed by atoms with E-state index in [9.17, 15) is 5.11 Å². The second kappa shape index (κ2) is 9.16. The molecule has 4 aliphatic carbocycles. The van der Waals surface area contributed by atoms with Crippen molar-refractivity contribution in [3.63, 3.8) is 0 Å². The molecule has 7 unspecified atom stereocenters. The summed E-state index contributed by atoms with van der Waals surface area (Å²) in [4.78, 5) is 2.64. The molecule has 2 saturated carbocycles. The lowest BCUT2D eigenvalue weighted by atomic mass is 9.49. The molecule has 4 heteroatoms. The maximum Gasteiger partial charge on any atom is 0.0800 e. The Hall–Kier alpha value is -1.20. The number of piperidine rings is 1. The van der Waals surface area contributed by atoms with Crippen LogP contribution in [-0.2, 0) is 4.74 Å². The van der Waals surface area contributed by atoms with Crippen molar-refractivity contribution in [3.05, 3.63) is 48.1 Å². The van der Waals surface area contributed by atoms with Crippen LogP contribution in [0.1, 0.15) is 79.1 Å². The Labute approximate surface area is 231 Å². The molecule has 6 rings (SSSR count). The first-order valence-electron chi connectivity index (χ1n) is 15.5. The van der Waals surface area contributed by atoms with Gasteiger partial charge < -0.3 is 15.6 Å². The largest absolute Gasteiger partial charge is 0.393 e. The van der Waals surface area contributed by atoms with Crippen LogP contribution in [0, 0.1) is 39.9 Å². The predicted octanol–water partition coefficient (Wildman–Crippen LogP) is 6.03. The third-order valence-corrected chi connectivity index (χ3v) is 13.3. The van der Waals surface area contributed by atoms with Crippen LogP contribution in [0.5, 0.6) is 0 Å². The minimum Gasteiger partial charge on any atom is -0.393 e. The van der Waals surface area contributed by atoms with Crippen LogP contribution in [0.15, 0.2) is 48.1 Å². The number of aliphatic hydroxyl groups excluding tert-OH is 1. The number of nitrogens with zero attached hydrogens (tertiary/aromatic N) is 1. The van der Waals surface area contributed by atoms with Crippen LogP contribution in [0.3, 0.4) is 0 Å². The SMILES string of the molecule is C=CC12CC=C3CC(O)CCC3(C)C1CC1=C(C)C3(CC[C@H]12)CO[C@@H]1CC(C)CN(CCN)C1(C=C)[C@H]3C. The first-order valence-corrected chi connectivity index (χ1v) is 15.5. The van der Waals surface area contributed by atoms with E-state index in [1.165, 1.54) is 24.8 Å². The highest BCUT2D eigenvalue weighted by Gasteiger charge is 2.65. The van der Waals surface area contributed by atoms with Gasteiger partial charge in [-0.15, -0.1) is 13.2 Å². The van der Waals surface area contributed by atoms with Crippen molar-refractivity contribution in [3.8, 4) is 0 Å². The van der Waals surface area contributed by atoms with E-state index in [-0.39, 0.29) is 34.0 Å². The first kappa shape index (κ1) is 27.0. The number of aliphatic hydroxyl groups is 1. The van der Waals surface area contributed by atoms with Crippen LogP contribution in [0.4, 0.5) is 0 Å². The Morgan fingerprint density at radius 2 is 1.97 bits per heavy atom. The number of rotatable bonds is 4. The highest BCUT2D eigenvalue weighted by atomic mass is 16.5. The van der Waals surface area contributed by atoms with Crippen LogP contribution in [0.25, 0.3) is 0 Å². The van der Waals surface area contributed by atoms with Gasteiger partial charge in [0, 0.05) is 30.5 Å². The molecule has 0 radical (unpaired) electrons. The van der Waals surface area contributed by atoms with Crippen molar-refractivity contribution in [1.29, 1.82) is 0 Å². The Morgan fingerprint density at radius 3 is 2.68 bits per heavy atom. The highest BCUT2D eigenvalue weighted by Crippen LogP contribution is 2.71. The monoisotopic (exact) mass is 520 g/mol. The van der Waals surface area contributed by atoms with Gasteiger partial charge in [0.15, 0.2) is 0 Å². The van der Waals surface area contributed by atoms with Gasteiger partial charge in [0.1, 0.15) is 0 Å². The molecule has 1 spiro atoms. The topological polar surface area (TPSA) is 58.7 Å². The second-order valence-corrected chi connectivity index (χ2v) is 14.4. The Balaban J connectivity index is 1.42. The fourth-order valence-electron chi connectivity index (χ4n) is 11.1. The van der Waals surface area contributed by atoms with Crippen LogP contribution in [-0.4, -0.2) is 54.0 Å². The minimum absolute atomic E-state index is 0.0414. The highest BCUT2D eigenvalue weighted by molar-refractivity contribution is 5.42. The zero-order valence-electron chi connectivity index (χ0n) is 24.5. The summed E-state index contributed by atoms with van der Waals surface area (Å²) in [5.74, 6) is 2.19. The Kier molecular flexibility index (Phi) is 6.51. The average molecular weight is 521 g/mol. The summed E-state index contributed by atoms with van der Waals surface area (Å²) in [5.41, 5.74) is 11.2. The summed E-state index contributed by atoms with van der Waals surface area (Å²) in [5, 5.41) is 10.5. The molecule has 10 atom stereocenters. The standard InChI is InChI=1S/C34H52N2O2/c1-7-32-13-9-25-18-26(37)10-12-31(25,6)29(32)19-27-23(4)33(14-11-28(27)32)21-38-30-17-22(3)20-36(16-15-35)34(30,8-2)24(33)5/h7-9,22,24,26,28-30,37H,1-2,10-21,35H2,3-6H3/t22?,24-,26?,28+,29?,30+,31?,32?,33?,34?/m0/s1. The van der Waals surface area contributed by atoms with Gasteiger partial charge in [-0.05, 0) is 87.4 Å². The molecule has 0 bridgehead atoms. The Morgan fingerprint density at radius 1 is 1.18 bits per heavy atom. The van der Waals surface area contributed by atoms with Gasteiger partial charge in [-0.25, -0.2) is 0 Å². The summed E-state index contributed by atoms with van der Waals surface area (Å²) < 4.78 is 6.95. The van der Waals surface area contributed by atoms with Crippen molar-refractivity contribution in [2.45, 2.75) is 96.8 Å². The van der Waals surface area contributed by atoms with E-state index in [4.69, 9.17) is 10.5 Å². The molecular weight excluding hydrogens is 468 g/mol. The normalized spacial score (nSPS) is 50.5. The number of allylic oxidation sites excluding steroid dienone is 3. The van der Waals surface area contributed by atoms with Crippen LogP contribution >= 0.6 is 0 Å². The summed E-state index contributed by atoms with van der Waals surface area (Å²) in [7, 11) is 0. The molecule has 4 fully saturated rings. The molecule has 210 valence electrons. The third-order valence-electron chi connectivity index (χ3n) is 13.3. The fraction of sp³-hybridized carbons (Fsp3) is 0.765. The Bertz CT molecular complexity index is 1060. The number of ether oxygens (including phenoxy) is 1. The van der Waals surface area contributed by atoms with Crippen LogP contribution in [0.2, 0.25) is 0 Å². The molecule has 4 nitrogen and oxygen atoms in total. The molecule has 2 aliphatic heterocycles. The number of fused-ring (bicyclic) bond motifs is 6. The van der Waals surface area contributed by atoms with Crippen molar-refractivity contribution in [2.75, 3.05) is 26.2 Å². The zero-order chi connectivity index (χ0) is 27.1. The van der Waals surface area contributed by atoms with Gasteiger partial charge in [-0.1, -0.05) is 55.7 Å². The van der Waals surface area contributed by atoms with Crippen molar-refractivity contribution < 1.29 is 9.84 Å². The van der Waals surface area contributed by atoms with Crippen LogP contribution < -0.4 is 5.73 Å². The lowest BCUT2D eigenvalue weighted by molar-refractivity contribution is -0.198. The number of hydrogen-bond acceptors (Lipinski definition) is 4. The fourth-order valence-corrected chi connectivity index (χ4v) is 11.1. The molecule has 0 aromatic rings. The number of likely N-dealkylation sites (tertiary alicyclic amines) is 1. The van der Waals surface area contributed by atoms with E-state index in [2.05, 4.69) is 64.0 Å². The number of nitrogens with two attached hydrogens (primary N) is 1. The molecule has 3 N–H and O–H groups in total. The van der Waals surface area contributed by atoms with Crippen molar-refractivity contribution >= 4 is 0 Å². The maximum absolute atomic E-state index is 10.5. The van der Waals surface area contributed by atoms with Crippen molar-refractivity contribution in [2.24, 2.45) is 45.7 Å². The summed E-state index contributed by atoms with van der Waals surface area (Å²) in [6.07, 6.45) is 15.8. The number of hydrogen-bond donors (Lipinski definition) is 2. The van der Waals surface area contributed by atoms with E-state index in [0.717, 1.165) is 51.8 Å². The predicted molar refractivity (Wildman–Crippen MR) is 155 cm³/mol.